The molecule has 3 aromatic rings. The summed E-state index contributed by atoms with van der Waals surface area (Å²) in [5.41, 5.74) is 3.16. The van der Waals surface area contributed by atoms with Crippen molar-refractivity contribution in [1.82, 2.24) is 19.7 Å². The Morgan fingerprint density at radius 2 is 2.07 bits per heavy atom. The van der Waals surface area contributed by atoms with Crippen LogP contribution in [-0.4, -0.2) is 38.7 Å². The number of benzene rings is 1. The zero-order chi connectivity index (χ0) is 20.2. The summed E-state index contributed by atoms with van der Waals surface area (Å²) in [5, 5.41) is 14.4. The van der Waals surface area contributed by atoms with Gasteiger partial charge in [-0.25, -0.2) is 4.98 Å². The van der Waals surface area contributed by atoms with Crippen LogP contribution in [0.1, 0.15) is 43.0 Å². The van der Waals surface area contributed by atoms with Crippen molar-refractivity contribution in [3.8, 4) is 17.3 Å². The van der Waals surface area contributed by atoms with E-state index in [1.54, 1.807) is 0 Å². The van der Waals surface area contributed by atoms with Crippen LogP contribution in [0.5, 0.6) is 0 Å². The van der Waals surface area contributed by atoms with Crippen LogP contribution < -0.4 is 0 Å². The molecule has 3 heterocycles. The summed E-state index contributed by atoms with van der Waals surface area (Å²) in [5.74, 6) is 0.0670. The molecule has 0 aliphatic carbocycles. The number of aryl methyl sites for hydroxylation is 1. The number of carbonyl (C=O) groups excluding carboxylic acids is 1. The second-order valence-electron chi connectivity index (χ2n) is 7.61. The summed E-state index contributed by atoms with van der Waals surface area (Å²) in [7, 11) is 0. The molecule has 1 fully saturated rings. The molecular weight excluding hydrogens is 362 g/mol. The molecule has 0 saturated carbocycles. The van der Waals surface area contributed by atoms with Crippen LogP contribution in [0.3, 0.4) is 0 Å². The van der Waals surface area contributed by atoms with Crippen LogP contribution in [0, 0.1) is 17.2 Å². The average Bonchev–Trinajstić information content (AvgIpc) is 3.25. The number of nitriles is 1. The minimum Gasteiger partial charge on any atom is -0.339 e. The molecule has 6 heteroatoms. The number of fused-ring (bicyclic) bond motifs is 1. The zero-order valence-corrected chi connectivity index (χ0v) is 16.7. The molecule has 148 valence electrons. The molecule has 0 bridgehead atoms. The maximum absolute atomic E-state index is 13.3. The van der Waals surface area contributed by atoms with Crippen molar-refractivity contribution >= 4 is 16.8 Å². The molecule has 1 amide bonds. The lowest BCUT2D eigenvalue weighted by Gasteiger charge is -2.29. The first-order valence-electron chi connectivity index (χ1n) is 10.3. The minimum absolute atomic E-state index is 0.0135. The largest absolute Gasteiger partial charge is 0.339 e. The molecule has 0 radical (unpaired) electrons. The highest BCUT2D eigenvalue weighted by molar-refractivity contribution is 6.07. The van der Waals surface area contributed by atoms with E-state index >= 15 is 0 Å². The van der Waals surface area contributed by atoms with Gasteiger partial charge < -0.3 is 4.90 Å². The maximum atomic E-state index is 13.3. The Morgan fingerprint density at radius 1 is 1.28 bits per heavy atom. The molecule has 0 N–H and O–H groups in total. The van der Waals surface area contributed by atoms with Gasteiger partial charge in [0, 0.05) is 42.7 Å². The van der Waals surface area contributed by atoms with E-state index in [2.05, 4.69) is 18.1 Å². The number of carbonyl (C=O) groups is 1. The van der Waals surface area contributed by atoms with Gasteiger partial charge in [0.15, 0.2) is 0 Å². The SMILES string of the molecule is CCCCn1cc(-c2cc(C(=O)N3CCC(C#N)CC3)c3ccccc3n2)cn1. The minimum atomic E-state index is 0.0135. The number of aromatic nitrogens is 3. The van der Waals surface area contributed by atoms with E-state index in [4.69, 9.17) is 10.2 Å². The third-order valence-corrected chi connectivity index (χ3v) is 5.58. The molecule has 0 spiro atoms. The normalized spacial score (nSPS) is 14.8. The van der Waals surface area contributed by atoms with Crippen molar-refractivity contribution < 1.29 is 4.79 Å². The zero-order valence-electron chi connectivity index (χ0n) is 16.7. The van der Waals surface area contributed by atoms with Gasteiger partial charge in [-0.05, 0) is 31.4 Å². The van der Waals surface area contributed by atoms with Gasteiger partial charge in [-0.2, -0.15) is 10.4 Å². The molecule has 29 heavy (non-hydrogen) atoms. The standard InChI is InChI=1S/C23H25N5O/c1-2-3-10-28-16-18(15-25-28)22-13-20(19-6-4-5-7-21(19)26-22)23(29)27-11-8-17(14-24)9-12-27/h4-7,13,15-17H,2-3,8-12H2,1H3. The average molecular weight is 387 g/mol. The summed E-state index contributed by atoms with van der Waals surface area (Å²) in [4.78, 5) is 20.0. The lowest BCUT2D eigenvalue weighted by molar-refractivity contribution is 0.0709. The Morgan fingerprint density at radius 3 is 2.83 bits per heavy atom. The summed E-state index contributed by atoms with van der Waals surface area (Å²) in [6, 6.07) is 12.0. The van der Waals surface area contributed by atoms with Crippen LogP contribution in [-0.2, 0) is 6.54 Å². The maximum Gasteiger partial charge on any atom is 0.254 e. The first-order chi connectivity index (χ1) is 14.2. The molecular formula is C23H25N5O. The molecule has 1 aliphatic heterocycles. The fourth-order valence-electron chi connectivity index (χ4n) is 3.82. The summed E-state index contributed by atoms with van der Waals surface area (Å²) >= 11 is 0. The van der Waals surface area contributed by atoms with Crippen molar-refractivity contribution in [2.45, 2.75) is 39.2 Å². The lowest BCUT2D eigenvalue weighted by Crippen LogP contribution is -2.38. The summed E-state index contributed by atoms with van der Waals surface area (Å²) in [6.07, 6.45) is 7.49. The number of amides is 1. The highest BCUT2D eigenvalue weighted by Gasteiger charge is 2.25. The molecule has 0 atom stereocenters. The van der Waals surface area contributed by atoms with Crippen LogP contribution >= 0.6 is 0 Å². The Bertz CT molecular complexity index is 1060. The number of rotatable bonds is 5. The van der Waals surface area contributed by atoms with E-state index in [-0.39, 0.29) is 11.8 Å². The lowest BCUT2D eigenvalue weighted by atomic mass is 9.97. The highest BCUT2D eigenvalue weighted by Crippen LogP contribution is 2.27. The summed E-state index contributed by atoms with van der Waals surface area (Å²) < 4.78 is 1.93. The molecule has 1 aliphatic rings. The smallest absolute Gasteiger partial charge is 0.254 e. The third kappa shape index (κ3) is 4.00. The molecule has 2 aromatic heterocycles. The fourth-order valence-corrected chi connectivity index (χ4v) is 3.82. The molecule has 1 aromatic carbocycles. The van der Waals surface area contributed by atoms with Crippen molar-refractivity contribution in [2.24, 2.45) is 5.92 Å². The second-order valence-corrected chi connectivity index (χ2v) is 7.61. The Kier molecular flexibility index (Phi) is 5.57. The van der Waals surface area contributed by atoms with E-state index in [1.165, 1.54) is 0 Å². The van der Waals surface area contributed by atoms with E-state index < -0.39 is 0 Å². The first kappa shape index (κ1) is 19.1. The van der Waals surface area contributed by atoms with E-state index in [1.807, 2.05) is 52.3 Å². The number of hydrogen-bond acceptors (Lipinski definition) is 4. The monoisotopic (exact) mass is 387 g/mol. The van der Waals surface area contributed by atoms with Gasteiger partial charge >= 0.3 is 0 Å². The predicted molar refractivity (Wildman–Crippen MR) is 112 cm³/mol. The number of para-hydroxylation sites is 1. The van der Waals surface area contributed by atoms with Crippen LogP contribution in [0.25, 0.3) is 22.2 Å². The topological polar surface area (TPSA) is 74.8 Å². The van der Waals surface area contributed by atoms with E-state index in [0.29, 0.717) is 18.7 Å². The molecule has 1 saturated heterocycles. The van der Waals surface area contributed by atoms with Crippen LogP contribution in [0.15, 0.2) is 42.7 Å². The number of nitrogens with zero attached hydrogens (tertiary/aromatic N) is 5. The molecule has 4 rings (SSSR count). The Hall–Kier alpha value is -3.20. The highest BCUT2D eigenvalue weighted by atomic mass is 16.2. The van der Waals surface area contributed by atoms with Crippen LogP contribution in [0.2, 0.25) is 0 Å². The van der Waals surface area contributed by atoms with Gasteiger partial charge in [-0.15, -0.1) is 0 Å². The van der Waals surface area contributed by atoms with Gasteiger partial charge in [0.2, 0.25) is 0 Å². The molecule has 0 unspecified atom stereocenters. The number of pyridine rings is 1. The number of piperidine rings is 1. The van der Waals surface area contributed by atoms with Crippen molar-refractivity contribution in [3.63, 3.8) is 0 Å². The van der Waals surface area contributed by atoms with Gasteiger partial charge in [0.05, 0.1) is 29.0 Å². The third-order valence-electron chi connectivity index (χ3n) is 5.58. The van der Waals surface area contributed by atoms with Gasteiger partial charge in [-0.3, -0.25) is 9.48 Å². The van der Waals surface area contributed by atoms with E-state index in [0.717, 1.165) is 54.4 Å². The number of likely N-dealkylation sites (tertiary alicyclic amines) is 1. The fraction of sp³-hybridized carbons (Fsp3) is 0.391. The van der Waals surface area contributed by atoms with Gasteiger partial charge in [0.1, 0.15) is 0 Å². The van der Waals surface area contributed by atoms with Gasteiger partial charge in [-0.1, -0.05) is 31.5 Å². The van der Waals surface area contributed by atoms with Crippen molar-refractivity contribution in [2.75, 3.05) is 13.1 Å². The van der Waals surface area contributed by atoms with E-state index in [9.17, 15) is 4.79 Å². The van der Waals surface area contributed by atoms with Crippen LogP contribution in [0.4, 0.5) is 0 Å². The second kappa shape index (κ2) is 8.44. The Balaban J connectivity index is 1.69. The predicted octanol–water partition coefficient (Wildman–Crippen LogP) is 4.27. The number of hydrogen-bond donors (Lipinski definition) is 0. The van der Waals surface area contributed by atoms with Crippen molar-refractivity contribution in [3.05, 3.63) is 48.3 Å². The summed E-state index contributed by atoms with van der Waals surface area (Å²) in [6.45, 7) is 4.28. The number of unbranched alkanes of at least 4 members (excludes halogenated alkanes) is 1. The molecule has 6 nitrogen and oxygen atoms in total. The van der Waals surface area contributed by atoms with Gasteiger partial charge in [0.25, 0.3) is 5.91 Å². The van der Waals surface area contributed by atoms with Crippen molar-refractivity contribution in [1.29, 1.82) is 5.26 Å². The first-order valence-corrected chi connectivity index (χ1v) is 10.3. The quantitative estimate of drug-likeness (QED) is 0.655. The Labute approximate surface area is 170 Å².